The van der Waals surface area contributed by atoms with Gasteiger partial charge in [0.15, 0.2) is 5.75 Å². The number of morpholine rings is 1. The topological polar surface area (TPSA) is 181 Å². The molecule has 0 bridgehead atoms. The molecule has 2 aromatic heterocycles. The quantitative estimate of drug-likeness (QED) is 0.215. The van der Waals surface area contributed by atoms with Gasteiger partial charge in [0, 0.05) is 48.9 Å². The standard InChI is InChI=1S/C26H26N8O4.C2H6O/c1-37-22-18(20-9-10-29-33-20)3-2-4-21(22)31-24-19(23(27)35)15-28-26(32-24)30-17-7-5-16(6-8-17)25(36)34-11-13-38-14-12-34;1-2-3/h2-10,15H,11-14H2,1H3,(H2,27,35)(H,29,33)(H2,28,30,31,32);3H,2H2,1H3. The van der Waals surface area contributed by atoms with Crippen molar-refractivity contribution in [2.24, 2.45) is 5.73 Å². The van der Waals surface area contributed by atoms with E-state index < -0.39 is 5.91 Å². The summed E-state index contributed by atoms with van der Waals surface area (Å²) in [6.07, 6.45) is 3.00. The van der Waals surface area contributed by atoms with E-state index in [1.807, 2.05) is 18.2 Å². The van der Waals surface area contributed by atoms with Crippen LogP contribution < -0.4 is 21.1 Å². The molecule has 0 saturated carbocycles. The Balaban J connectivity index is 0.00000124. The van der Waals surface area contributed by atoms with E-state index in [0.717, 1.165) is 11.3 Å². The first-order valence-electron chi connectivity index (χ1n) is 12.9. The van der Waals surface area contributed by atoms with Crippen molar-refractivity contribution in [2.75, 3.05) is 50.7 Å². The van der Waals surface area contributed by atoms with Gasteiger partial charge in [-0.15, -0.1) is 0 Å². The number of hydrogen-bond acceptors (Lipinski definition) is 10. The minimum absolute atomic E-state index is 0.0419. The molecule has 0 unspecified atom stereocenters. The maximum Gasteiger partial charge on any atom is 0.254 e. The Morgan fingerprint density at radius 2 is 1.85 bits per heavy atom. The predicted molar refractivity (Wildman–Crippen MR) is 154 cm³/mol. The monoisotopic (exact) mass is 560 g/mol. The smallest absolute Gasteiger partial charge is 0.254 e. The molecule has 0 radical (unpaired) electrons. The number of aliphatic hydroxyl groups is 1. The van der Waals surface area contributed by atoms with Gasteiger partial charge in [-0.05, 0) is 49.4 Å². The number of aromatic amines is 1. The summed E-state index contributed by atoms with van der Waals surface area (Å²) in [5, 5.41) is 20.7. The minimum atomic E-state index is -0.686. The molecule has 4 aromatic rings. The summed E-state index contributed by atoms with van der Waals surface area (Å²) in [4.78, 5) is 35.3. The number of carbonyl (C=O) groups is 2. The average Bonchev–Trinajstić information content (AvgIpc) is 3.53. The van der Waals surface area contributed by atoms with Gasteiger partial charge in [-0.1, -0.05) is 6.07 Å². The zero-order valence-corrected chi connectivity index (χ0v) is 22.8. The van der Waals surface area contributed by atoms with Crippen molar-refractivity contribution < 1.29 is 24.2 Å². The molecule has 1 saturated heterocycles. The fourth-order valence-electron chi connectivity index (χ4n) is 4.09. The molecule has 2 aromatic carbocycles. The van der Waals surface area contributed by atoms with Crippen LogP contribution in [0.3, 0.4) is 0 Å². The number of amides is 2. The highest BCUT2D eigenvalue weighted by Gasteiger charge is 2.19. The van der Waals surface area contributed by atoms with E-state index in [2.05, 4.69) is 30.8 Å². The third kappa shape index (κ3) is 7.15. The number of anilines is 4. The molecule has 0 atom stereocenters. The number of H-pyrrole nitrogens is 1. The van der Waals surface area contributed by atoms with Crippen molar-refractivity contribution in [1.29, 1.82) is 0 Å². The third-order valence-electron chi connectivity index (χ3n) is 6.00. The zero-order valence-electron chi connectivity index (χ0n) is 22.8. The van der Waals surface area contributed by atoms with Gasteiger partial charge >= 0.3 is 0 Å². The van der Waals surface area contributed by atoms with E-state index in [9.17, 15) is 9.59 Å². The maximum atomic E-state index is 12.7. The highest BCUT2D eigenvalue weighted by Crippen LogP contribution is 2.37. The second kappa shape index (κ2) is 13.9. The van der Waals surface area contributed by atoms with Crippen LogP contribution in [0.15, 0.2) is 60.9 Å². The van der Waals surface area contributed by atoms with Crippen molar-refractivity contribution in [3.63, 3.8) is 0 Å². The molecule has 13 heteroatoms. The Morgan fingerprint density at radius 1 is 1.12 bits per heavy atom. The number of nitrogens with one attached hydrogen (secondary N) is 3. The molecule has 13 nitrogen and oxygen atoms in total. The number of primary amides is 1. The lowest BCUT2D eigenvalue weighted by molar-refractivity contribution is 0.0303. The number of benzene rings is 2. The number of methoxy groups -OCH3 is 1. The summed E-state index contributed by atoms with van der Waals surface area (Å²) in [5.74, 6) is 0.233. The highest BCUT2D eigenvalue weighted by atomic mass is 16.5. The van der Waals surface area contributed by atoms with E-state index in [-0.39, 0.29) is 29.8 Å². The molecule has 1 fully saturated rings. The van der Waals surface area contributed by atoms with Crippen LogP contribution in [-0.4, -0.2) is 82.0 Å². The molecule has 0 spiro atoms. The van der Waals surface area contributed by atoms with Crippen LogP contribution >= 0.6 is 0 Å². The molecule has 2 amide bonds. The van der Waals surface area contributed by atoms with Crippen LogP contribution in [0.1, 0.15) is 27.6 Å². The minimum Gasteiger partial charge on any atom is -0.494 e. The van der Waals surface area contributed by atoms with Crippen LogP contribution in [0, 0.1) is 0 Å². The largest absolute Gasteiger partial charge is 0.494 e. The molecule has 1 aliphatic heterocycles. The molecule has 214 valence electrons. The number of para-hydroxylation sites is 1. The Morgan fingerprint density at radius 3 is 2.49 bits per heavy atom. The number of hydrogen-bond donors (Lipinski definition) is 5. The lowest BCUT2D eigenvalue weighted by Crippen LogP contribution is -2.40. The lowest BCUT2D eigenvalue weighted by atomic mass is 10.1. The van der Waals surface area contributed by atoms with E-state index in [1.165, 1.54) is 6.20 Å². The number of rotatable bonds is 8. The van der Waals surface area contributed by atoms with Crippen molar-refractivity contribution in [3.8, 4) is 17.0 Å². The second-order valence-corrected chi connectivity index (χ2v) is 8.72. The second-order valence-electron chi connectivity index (χ2n) is 8.72. The van der Waals surface area contributed by atoms with Crippen molar-refractivity contribution in [1.82, 2.24) is 25.1 Å². The Kier molecular flexibility index (Phi) is 9.80. The molecule has 41 heavy (non-hydrogen) atoms. The first-order valence-corrected chi connectivity index (χ1v) is 12.9. The van der Waals surface area contributed by atoms with Gasteiger partial charge in [-0.25, -0.2) is 4.98 Å². The zero-order chi connectivity index (χ0) is 29.2. The average molecular weight is 561 g/mol. The van der Waals surface area contributed by atoms with Gasteiger partial charge in [0.05, 0.1) is 31.7 Å². The van der Waals surface area contributed by atoms with Crippen LogP contribution in [0.4, 0.5) is 23.1 Å². The van der Waals surface area contributed by atoms with E-state index >= 15 is 0 Å². The summed E-state index contributed by atoms with van der Waals surface area (Å²) in [5.41, 5.74) is 9.04. The van der Waals surface area contributed by atoms with Gasteiger partial charge in [0.1, 0.15) is 11.4 Å². The van der Waals surface area contributed by atoms with Crippen molar-refractivity contribution >= 4 is 35.0 Å². The van der Waals surface area contributed by atoms with Crippen LogP contribution in [-0.2, 0) is 4.74 Å². The maximum absolute atomic E-state index is 12.7. The Labute approximate surface area is 236 Å². The van der Waals surface area contributed by atoms with E-state index in [1.54, 1.807) is 55.5 Å². The first kappa shape index (κ1) is 29.0. The summed E-state index contributed by atoms with van der Waals surface area (Å²) in [7, 11) is 1.55. The summed E-state index contributed by atoms with van der Waals surface area (Å²) in [6.45, 7) is 4.16. The first-order chi connectivity index (χ1) is 19.9. The number of nitrogens with two attached hydrogens (primary N) is 1. The van der Waals surface area contributed by atoms with Crippen LogP contribution in [0.2, 0.25) is 0 Å². The van der Waals surface area contributed by atoms with Crippen molar-refractivity contribution in [2.45, 2.75) is 6.92 Å². The number of carbonyl (C=O) groups excluding carboxylic acids is 2. The van der Waals surface area contributed by atoms with Gasteiger partial charge in [0.25, 0.3) is 11.8 Å². The number of ether oxygens (including phenoxy) is 2. The molecular weight excluding hydrogens is 528 g/mol. The Bertz CT molecular complexity index is 1460. The summed E-state index contributed by atoms with van der Waals surface area (Å²) in [6, 6.07) is 14.3. The molecule has 6 N–H and O–H groups in total. The number of nitrogens with zero attached hydrogens (tertiary/aromatic N) is 4. The fourth-order valence-corrected chi connectivity index (χ4v) is 4.09. The van der Waals surface area contributed by atoms with Gasteiger partial charge in [-0.2, -0.15) is 10.1 Å². The van der Waals surface area contributed by atoms with E-state index in [0.29, 0.717) is 49.0 Å². The highest BCUT2D eigenvalue weighted by molar-refractivity contribution is 5.98. The van der Waals surface area contributed by atoms with Gasteiger partial charge in [-0.3, -0.25) is 14.7 Å². The third-order valence-corrected chi connectivity index (χ3v) is 6.00. The molecule has 5 rings (SSSR count). The van der Waals surface area contributed by atoms with Gasteiger partial charge < -0.3 is 35.8 Å². The molecule has 1 aliphatic rings. The van der Waals surface area contributed by atoms with Crippen molar-refractivity contribution in [3.05, 3.63) is 72.1 Å². The van der Waals surface area contributed by atoms with Crippen LogP contribution in [0.5, 0.6) is 5.75 Å². The van der Waals surface area contributed by atoms with Gasteiger partial charge in [0.2, 0.25) is 5.95 Å². The van der Waals surface area contributed by atoms with Crippen LogP contribution in [0.25, 0.3) is 11.3 Å². The SMILES string of the molecule is CCO.COc1c(Nc2nc(Nc3ccc(C(=O)N4CCOCC4)cc3)ncc2C(N)=O)cccc1-c1ccn[nH]1. The number of aliphatic hydroxyl groups excluding tert-OH is 1. The normalized spacial score (nSPS) is 12.6. The fraction of sp³-hybridized carbons (Fsp3) is 0.250. The molecule has 3 heterocycles. The summed E-state index contributed by atoms with van der Waals surface area (Å²) < 4.78 is 11.0. The summed E-state index contributed by atoms with van der Waals surface area (Å²) >= 11 is 0. The number of aromatic nitrogens is 4. The van der Waals surface area contributed by atoms with E-state index in [4.69, 9.17) is 20.3 Å². The molecule has 0 aliphatic carbocycles. The Hall–Kier alpha value is -5.01. The molecular formula is C28H32N8O5. The predicted octanol–water partition coefficient (Wildman–Crippen LogP) is 2.93. The lowest BCUT2D eigenvalue weighted by Gasteiger charge is -2.26.